The van der Waals surface area contributed by atoms with Crippen LogP contribution in [0.25, 0.3) is 10.8 Å². The van der Waals surface area contributed by atoms with Crippen molar-refractivity contribution in [1.29, 1.82) is 0 Å². The minimum Gasteiger partial charge on any atom is -0.493 e. The van der Waals surface area contributed by atoms with Crippen LogP contribution in [0.15, 0.2) is 53.5 Å². The van der Waals surface area contributed by atoms with E-state index >= 15 is 0 Å². The SMILES string of the molecule is COc1cc2c(c3c1OC(C)(C)C3)C(c1ccc3ccccc3c1)=NC(C)(C)C2. The van der Waals surface area contributed by atoms with Crippen LogP contribution in [0, 0.1) is 0 Å². The molecule has 0 N–H and O–H groups in total. The van der Waals surface area contributed by atoms with E-state index in [1.165, 1.54) is 27.5 Å². The maximum atomic E-state index is 6.31. The summed E-state index contributed by atoms with van der Waals surface area (Å²) in [4.78, 5) is 5.23. The highest BCUT2D eigenvalue weighted by atomic mass is 16.5. The Kier molecular flexibility index (Phi) is 3.83. The topological polar surface area (TPSA) is 30.8 Å². The van der Waals surface area contributed by atoms with Gasteiger partial charge in [0.15, 0.2) is 11.5 Å². The molecule has 29 heavy (non-hydrogen) atoms. The molecular formula is C26H27NO2. The average molecular weight is 386 g/mol. The Hall–Kier alpha value is -2.81. The number of hydrogen-bond donors (Lipinski definition) is 0. The third-order valence-electron chi connectivity index (χ3n) is 5.92. The first-order valence-electron chi connectivity index (χ1n) is 10.3. The van der Waals surface area contributed by atoms with E-state index in [0.717, 1.165) is 35.6 Å². The summed E-state index contributed by atoms with van der Waals surface area (Å²) in [6, 6.07) is 17.3. The summed E-state index contributed by atoms with van der Waals surface area (Å²) in [7, 11) is 1.73. The molecule has 0 saturated carbocycles. The maximum Gasteiger partial charge on any atom is 0.166 e. The van der Waals surface area contributed by atoms with Crippen molar-refractivity contribution in [3.8, 4) is 11.5 Å². The lowest BCUT2D eigenvalue weighted by Gasteiger charge is -2.31. The lowest BCUT2D eigenvalue weighted by Crippen LogP contribution is -2.30. The van der Waals surface area contributed by atoms with E-state index in [1.54, 1.807) is 7.11 Å². The van der Waals surface area contributed by atoms with Crippen molar-refractivity contribution in [2.75, 3.05) is 7.11 Å². The number of nitrogens with zero attached hydrogens (tertiary/aromatic N) is 1. The molecule has 0 aromatic heterocycles. The number of hydrogen-bond acceptors (Lipinski definition) is 3. The van der Waals surface area contributed by atoms with E-state index in [0.29, 0.717) is 0 Å². The number of benzene rings is 3. The average Bonchev–Trinajstić information content (AvgIpc) is 3.00. The van der Waals surface area contributed by atoms with Gasteiger partial charge in [-0.25, -0.2) is 0 Å². The minimum absolute atomic E-state index is 0.164. The normalized spacial score (nSPS) is 18.6. The van der Waals surface area contributed by atoms with Crippen molar-refractivity contribution in [3.63, 3.8) is 0 Å². The number of rotatable bonds is 2. The van der Waals surface area contributed by atoms with Crippen LogP contribution in [-0.4, -0.2) is 24.0 Å². The predicted octanol–water partition coefficient (Wildman–Crippen LogP) is 5.73. The van der Waals surface area contributed by atoms with Gasteiger partial charge in [-0.1, -0.05) is 36.4 Å². The molecule has 0 spiro atoms. The highest BCUT2D eigenvalue weighted by Crippen LogP contribution is 2.47. The number of aliphatic imine (C=N–C) groups is 1. The highest BCUT2D eigenvalue weighted by Gasteiger charge is 2.39. The van der Waals surface area contributed by atoms with Crippen LogP contribution < -0.4 is 9.47 Å². The van der Waals surface area contributed by atoms with Gasteiger partial charge >= 0.3 is 0 Å². The summed E-state index contributed by atoms with van der Waals surface area (Å²) in [5, 5.41) is 2.48. The monoisotopic (exact) mass is 385 g/mol. The summed E-state index contributed by atoms with van der Waals surface area (Å²) < 4.78 is 12.0. The molecule has 2 aliphatic rings. The van der Waals surface area contributed by atoms with Gasteiger partial charge in [-0.15, -0.1) is 0 Å². The van der Waals surface area contributed by atoms with Gasteiger partial charge in [0, 0.05) is 23.1 Å². The van der Waals surface area contributed by atoms with Crippen LogP contribution in [0.2, 0.25) is 0 Å². The van der Waals surface area contributed by atoms with Crippen molar-refractivity contribution in [1.82, 2.24) is 0 Å². The van der Waals surface area contributed by atoms with Crippen molar-refractivity contribution >= 4 is 16.5 Å². The molecule has 3 nitrogen and oxygen atoms in total. The van der Waals surface area contributed by atoms with Crippen molar-refractivity contribution in [3.05, 3.63) is 70.8 Å². The Labute approximate surface area is 172 Å². The molecule has 3 aromatic carbocycles. The first-order valence-corrected chi connectivity index (χ1v) is 10.3. The number of methoxy groups -OCH3 is 1. The standard InChI is InChI=1S/C26H27NO2/c1-25(2)14-19-13-21(28-5)24-20(15-26(3,4)29-24)22(19)23(27-25)18-11-10-16-8-6-7-9-17(16)12-18/h6-13H,14-15H2,1-5H3. The van der Waals surface area contributed by atoms with Gasteiger partial charge in [-0.05, 0) is 62.6 Å². The largest absolute Gasteiger partial charge is 0.493 e. The van der Waals surface area contributed by atoms with Crippen LogP contribution in [0.3, 0.4) is 0 Å². The Morgan fingerprint density at radius 2 is 1.69 bits per heavy atom. The number of fused-ring (bicyclic) bond motifs is 4. The van der Waals surface area contributed by atoms with Gasteiger partial charge in [-0.2, -0.15) is 0 Å². The zero-order valence-corrected chi connectivity index (χ0v) is 17.8. The fourth-order valence-corrected chi connectivity index (χ4v) is 4.77. The van der Waals surface area contributed by atoms with E-state index in [4.69, 9.17) is 14.5 Å². The zero-order valence-electron chi connectivity index (χ0n) is 17.8. The first-order chi connectivity index (χ1) is 13.8. The van der Waals surface area contributed by atoms with Gasteiger partial charge in [0.2, 0.25) is 0 Å². The second kappa shape index (κ2) is 6.09. The quantitative estimate of drug-likeness (QED) is 0.564. The van der Waals surface area contributed by atoms with E-state index in [2.05, 4.69) is 76.2 Å². The molecule has 0 bridgehead atoms. The molecule has 0 atom stereocenters. The van der Waals surface area contributed by atoms with E-state index < -0.39 is 0 Å². The lowest BCUT2D eigenvalue weighted by molar-refractivity contribution is 0.134. The van der Waals surface area contributed by atoms with Crippen LogP contribution in [0.1, 0.15) is 49.9 Å². The molecule has 148 valence electrons. The van der Waals surface area contributed by atoms with E-state index in [-0.39, 0.29) is 11.1 Å². The van der Waals surface area contributed by atoms with Crippen molar-refractivity contribution < 1.29 is 9.47 Å². The molecule has 3 heteroatoms. The third kappa shape index (κ3) is 3.00. The molecular weight excluding hydrogens is 358 g/mol. The minimum atomic E-state index is -0.244. The molecule has 3 aromatic rings. The molecule has 5 rings (SSSR count). The third-order valence-corrected chi connectivity index (χ3v) is 5.92. The fourth-order valence-electron chi connectivity index (χ4n) is 4.77. The molecule has 2 heterocycles. The van der Waals surface area contributed by atoms with Gasteiger partial charge in [0.05, 0.1) is 18.4 Å². The van der Waals surface area contributed by atoms with Gasteiger partial charge in [0.1, 0.15) is 5.60 Å². The predicted molar refractivity (Wildman–Crippen MR) is 119 cm³/mol. The second-order valence-corrected chi connectivity index (χ2v) is 9.47. The summed E-state index contributed by atoms with van der Waals surface area (Å²) in [5.74, 6) is 1.71. The Balaban J connectivity index is 1.77. The Morgan fingerprint density at radius 3 is 2.45 bits per heavy atom. The highest BCUT2D eigenvalue weighted by molar-refractivity contribution is 6.17. The van der Waals surface area contributed by atoms with Crippen LogP contribution in [0.5, 0.6) is 11.5 Å². The van der Waals surface area contributed by atoms with E-state index in [9.17, 15) is 0 Å². The Bertz CT molecular complexity index is 1170. The fraction of sp³-hybridized carbons (Fsp3) is 0.346. The van der Waals surface area contributed by atoms with Gasteiger partial charge in [0.25, 0.3) is 0 Å². The summed E-state index contributed by atoms with van der Waals surface area (Å²) in [5.41, 5.74) is 5.59. The van der Waals surface area contributed by atoms with Crippen LogP contribution in [-0.2, 0) is 12.8 Å². The number of ether oxygens (including phenoxy) is 2. The summed E-state index contributed by atoms with van der Waals surface area (Å²) >= 11 is 0. The van der Waals surface area contributed by atoms with Crippen LogP contribution in [0.4, 0.5) is 0 Å². The second-order valence-electron chi connectivity index (χ2n) is 9.47. The van der Waals surface area contributed by atoms with E-state index in [1.807, 2.05) is 0 Å². The maximum absolute atomic E-state index is 6.31. The summed E-state index contributed by atoms with van der Waals surface area (Å²) in [6.45, 7) is 8.69. The van der Waals surface area contributed by atoms with Crippen molar-refractivity contribution in [2.24, 2.45) is 4.99 Å². The first kappa shape index (κ1) is 18.2. The van der Waals surface area contributed by atoms with Gasteiger partial charge in [-0.3, -0.25) is 4.99 Å². The molecule has 0 unspecified atom stereocenters. The smallest absolute Gasteiger partial charge is 0.166 e. The molecule has 0 fully saturated rings. The molecule has 0 saturated heterocycles. The molecule has 0 radical (unpaired) electrons. The zero-order chi connectivity index (χ0) is 20.4. The molecule has 2 aliphatic heterocycles. The molecule has 0 aliphatic carbocycles. The molecule has 0 amide bonds. The van der Waals surface area contributed by atoms with Crippen LogP contribution >= 0.6 is 0 Å². The van der Waals surface area contributed by atoms with Crippen molar-refractivity contribution in [2.45, 2.75) is 51.7 Å². The Morgan fingerprint density at radius 1 is 0.931 bits per heavy atom. The van der Waals surface area contributed by atoms with Gasteiger partial charge < -0.3 is 9.47 Å². The lowest BCUT2D eigenvalue weighted by atomic mass is 9.80. The summed E-state index contributed by atoms with van der Waals surface area (Å²) in [6.07, 6.45) is 1.75.